The van der Waals surface area contributed by atoms with E-state index in [1.165, 1.54) is 36.9 Å². The van der Waals surface area contributed by atoms with E-state index in [0.29, 0.717) is 28.5 Å². The maximum atomic E-state index is 12.9. The van der Waals surface area contributed by atoms with Crippen LogP contribution in [0.4, 0.5) is 5.69 Å². The van der Waals surface area contributed by atoms with Gasteiger partial charge in [-0.1, -0.05) is 39.0 Å². The van der Waals surface area contributed by atoms with Crippen LogP contribution in [0.1, 0.15) is 68.6 Å². The Labute approximate surface area is 175 Å². The molecular formula is C24H32N2O2S. The molecule has 0 spiro atoms. The van der Waals surface area contributed by atoms with Gasteiger partial charge in [0.15, 0.2) is 0 Å². The van der Waals surface area contributed by atoms with Crippen LogP contribution in [0.5, 0.6) is 0 Å². The van der Waals surface area contributed by atoms with E-state index >= 15 is 0 Å². The molecule has 29 heavy (non-hydrogen) atoms. The number of piperidine rings is 1. The molecule has 0 unspecified atom stereocenters. The van der Waals surface area contributed by atoms with Crippen molar-refractivity contribution >= 4 is 15.7 Å². The van der Waals surface area contributed by atoms with E-state index in [4.69, 9.17) is 0 Å². The summed E-state index contributed by atoms with van der Waals surface area (Å²) in [4.78, 5) is 2.95. The molecule has 1 N–H and O–H groups in total. The van der Waals surface area contributed by atoms with Crippen molar-refractivity contribution in [2.45, 2.75) is 69.2 Å². The Morgan fingerprint density at radius 3 is 2.59 bits per heavy atom. The highest BCUT2D eigenvalue weighted by Gasteiger charge is 2.38. The SMILES string of the molecule is CCCN1CCC[C@H]2c3cc(NS(=O)(=O)c4ccc(C(C)C)cc4)ccc3C[C@@H]21. The summed E-state index contributed by atoms with van der Waals surface area (Å²) in [5.74, 6) is 0.909. The predicted molar refractivity (Wildman–Crippen MR) is 119 cm³/mol. The average Bonchev–Trinajstić information content (AvgIpc) is 3.07. The van der Waals surface area contributed by atoms with E-state index in [9.17, 15) is 8.42 Å². The number of rotatable bonds is 6. The first-order valence-corrected chi connectivity index (χ1v) is 12.4. The van der Waals surface area contributed by atoms with Gasteiger partial charge in [-0.05, 0) is 85.6 Å². The average molecular weight is 413 g/mol. The van der Waals surface area contributed by atoms with Crippen LogP contribution in [-0.2, 0) is 16.4 Å². The van der Waals surface area contributed by atoms with Crippen molar-refractivity contribution in [3.8, 4) is 0 Å². The lowest BCUT2D eigenvalue weighted by Gasteiger charge is -2.37. The molecule has 1 fully saturated rings. The number of hydrogen-bond donors (Lipinski definition) is 1. The largest absolute Gasteiger partial charge is 0.299 e. The van der Waals surface area contributed by atoms with Crippen molar-refractivity contribution in [1.29, 1.82) is 0 Å². The van der Waals surface area contributed by atoms with Gasteiger partial charge in [0.25, 0.3) is 10.0 Å². The minimum absolute atomic E-state index is 0.312. The van der Waals surface area contributed by atoms with Crippen LogP contribution < -0.4 is 4.72 Å². The fraction of sp³-hybridized carbons (Fsp3) is 0.500. The monoisotopic (exact) mass is 412 g/mol. The van der Waals surface area contributed by atoms with E-state index in [0.717, 1.165) is 18.5 Å². The van der Waals surface area contributed by atoms with Gasteiger partial charge >= 0.3 is 0 Å². The van der Waals surface area contributed by atoms with Crippen LogP contribution in [0.2, 0.25) is 0 Å². The summed E-state index contributed by atoms with van der Waals surface area (Å²) < 4.78 is 28.6. The van der Waals surface area contributed by atoms with E-state index in [-0.39, 0.29) is 0 Å². The molecule has 156 valence electrons. The molecule has 0 aromatic heterocycles. The van der Waals surface area contributed by atoms with Crippen molar-refractivity contribution in [2.75, 3.05) is 17.8 Å². The van der Waals surface area contributed by atoms with Gasteiger partial charge < -0.3 is 0 Å². The molecule has 5 heteroatoms. The lowest BCUT2D eigenvalue weighted by molar-refractivity contribution is 0.137. The summed E-state index contributed by atoms with van der Waals surface area (Å²) >= 11 is 0. The molecule has 0 amide bonds. The second kappa shape index (κ2) is 8.11. The molecule has 2 aromatic rings. The molecule has 0 radical (unpaired) electrons. The summed E-state index contributed by atoms with van der Waals surface area (Å²) in [5.41, 5.74) is 4.53. The van der Waals surface area contributed by atoms with E-state index in [1.54, 1.807) is 12.1 Å². The van der Waals surface area contributed by atoms with Crippen molar-refractivity contribution < 1.29 is 8.42 Å². The summed E-state index contributed by atoms with van der Waals surface area (Å²) in [6.45, 7) is 8.79. The quantitative estimate of drug-likeness (QED) is 0.716. The summed E-state index contributed by atoms with van der Waals surface area (Å²) in [5, 5.41) is 0. The molecule has 2 aliphatic rings. The summed E-state index contributed by atoms with van der Waals surface area (Å²) in [6, 6.07) is 13.9. The lowest BCUT2D eigenvalue weighted by Crippen LogP contribution is -2.43. The minimum Gasteiger partial charge on any atom is -0.299 e. The first-order chi connectivity index (χ1) is 13.9. The third-order valence-electron chi connectivity index (χ3n) is 6.49. The highest BCUT2D eigenvalue weighted by molar-refractivity contribution is 7.92. The molecule has 2 atom stereocenters. The molecule has 1 aliphatic heterocycles. The zero-order chi connectivity index (χ0) is 20.6. The number of benzene rings is 2. The maximum absolute atomic E-state index is 12.9. The van der Waals surface area contributed by atoms with Crippen LogP contribution >= 0.6 is 0 Å². The normalized spacial score (nSPS) is 21.8. The van der Waals surface area contributed by atoms with Gasteiger partial charge in [-0.25, -0.2) is 8.42 Å². The Morgan fingerprint density at radius 2 is 1.90 bits per heavy atom. The molecule has 4 nitrogen and oxygen atoms in total. The Bertz CT molecular complexity index is 965. The second-order valence-electron chi connectivity index (χ2n) is 8.80. The Morgan fingerprint density at radius 1 is 1.14 bits per heavy atom. The zero-order valence-corrected chi connectivity index (χ0v) is 18.5. The Hall–Kier alpha value is -1.85. The molecule has 1 saturated heterocycles. The fourth-order valence-corrected chi connectivity index (χ4v) is 6.04. The van der Waals surface area contributed by atoms with Gasteiger partial charge in [0, 0.05) is 17.6 Å². The zero-order valence-electron chi connectivity index (χ0n) is 17.7. The Balaban J connectivity index is 1.55. The van der Waals surface area contributed by atoms with Gasteiger partial charge in [-0.2, -0.15) is 0 Å². The van der Waals surface area contributed by atoms with E-state index in [2.05, 4.69) is 42.5 Å². The number of nitrogens with one attached hydrogen (secondary N) is 1. The maximum Gasteiger partial charge on any atom is 0.261 e. The standard InChI is InChI=1S/C24H32N2O2S/c1-4-13-26-14-5-6-22-23-16-20(10-7-19(23)15-24(22)26)25-29(27,28)21-11-8-18(9-12-21)17(2)3/h7-12,16-17,22,24-25H,4-6,13-15H2,1-3H3/t22-,24-/m0/s1. The second-order valence-corrected chi connectivity index (χ2v) is 10.5. The fourth-order valence-electron chi connectivity index (χ4n) is 4.99. The van der Waals surface area contributed by atoms with Crippen molar-refractivity contribution in [1.82, 2.24) is 4.90 Å². The first kappa shape index (κ1) is 20.4. The predicted octanol–water partition coefficient (Wildman–Crippen LogP) is 5.12. The minimum atomic E-state index is -3.58. The van der Waals surface area contributed by atoms with Gasteiger partial charge in [-0.15, -0.1) is 0 Å². The number of hydrogen-bond acceptors (Lipinski definition) is 3. The van der Waals surface area contributed by atoms with Crippen LogP contribution in [0.15, 0.2) is 47.4 Å². The van der Waals surface area contributed by atoms with E-state index < -0.39 is 10.0 Å². The number of sulfonamides is 1. The third kappa shape index (κ3) is 4.08. The molecule has 0 bridgehead atoms. The molecule has 4 rings (SSSR count). The third-order valence-corrected chi connectivity index (χ3v) is 7.89. The molecule has 1 aliphatic carbocycles. The van der Waals surface area contributed by atoms with Crippen molar-refractivity contribution in [3.05, 3.63) is 59.2 Å². The number of nitrogens with zero attached hydrogens (tertiary/aromatic N) is 1. The van der Waals surface area contributed by atoms with Gasteiger partial charge in [0.05, 0.1) is 4.90 Å². The van der Waals surface area contributed by atoms with Gasteiger partial charge in [-0.3, -0.25) is 9.62 Å². The summed E-state index contributed by atoms with van der Waals surface area (Å²) in [6.07, 6.45) is 4.69. The van der Waals surface area contributed by atoms with Crippen LogP contribution in [0.3, 0.4) is 0 Å². The molecular weight excluding hydrogens is 380 g/mol. The van der Waals surface area contributed by atoms with Crippen LogP contribution in [0, 0.1) is 0 Å². The van der Waals surface area contributed by atoms with Gasteiger partial charge in [0.1, 0.15) is 0 Å². The smallest absolute Gasteiger partial charge is 0.261 e. The number of fused-ring (bicyclic) bond motifs is 3. The van der Waals surface area contributed by atoms with Gasteiger partial charge in [0.2, 0.25) is 0 Å². The van der Waals surface area contributed by atoms with Crippen molar-refractivity contribution in [2.24, 2.45) is 0 Å². The molecule has 2 aromatic carbocycles. The first-order valence-electron chi connectivity index (χ1n) is 10.9. The summed E-state index contributed by atoms with van der Waals surface area (Å²) in [7, 11) is -3.58. The van der Waals surface area contributed by atoms with E-state index in [1.807, 2.05) is 18.2 Å². The lowest BCUT2D eigenvalue weighted by atomic mass is 9.88. The topological polar surface area (TPSA) is 49.4 Å². The molecule has 0 saturated carbocycles. The molecule has 1 heterocycles. The van der Waals surface area contributed by atoms with Crippen LogP contribution in [-0.4, -0.2) is 32.4 Å². The number of likely N-dealkylation sites (tertiary alicyclic amines) is 1. The van der Waals surface area contributed by atoms with Crippen molar-refractivity contribution in [3.63, 3.8) is 0 Å². The number of anilines is 1. The van der Waals surface area contributed by atoms with Crippen LogP contribution in [0.25, 0.3) is 0 Å². The highest BCUT2D eigenvalue weighted by atomic mass is 32.2. The Kier molecular flexibility index (Phi) is 5.71. The highest BCUT2D eigenvalue weighted by Crippen LogP contribution is 2.43.